The van der Waals surface area contributed by atoms with E-state index in [9.17, 15) is 0 Å². The molecule has 0 aliphatic carbocycles. The van der Waals surface area contributed by atoms with Crippen LogP contribution in [0.15, 0.2) is 18.3 Å². The summed E-state index contributed by atoms with van der Waals surface area (Å²) in [6.45, 7) is 3.29. The molecule has 2 rings (SSSR count). The van der Waals surface area contributed by atoms with Gasteiger partial charge in [-0.05, 0) is 25.0 Å². The lowest BCUT2D eigenvalue weighted by Crippen LogP contribution is -2.05. The van der Waals surface area contributed by atoms with Crippen molar-refractivity contribution in [2.24, 2.45) is 0 Å². The fraction of sp³-hybridized carbons (Fsp3) is 0.500. The Morgan fingerprint density at radius 2 is 2.31 bits per heavy atom. The van der Waals surface area contributed by atoms with E-state index in [2.05, 4.69) is 21.5 Å². The van der Waals surface area contributed by atoms with Crippen molar-refractivity contribution in [2.45, 2.75) is 32.7 Å². The summed E-state index contributed by atoms with van der Waals surface area (Å²) >= 11 is 0. The van der Waals surface area contributed by atoms with Gasteiger partial charge in [-0.15, -0.1) is 0 Å². The van der Waals surface area contributed by atoms with Crippen LogP contribution in [0.3, 0.4) is 0 Å². The fourth-order valence-electron chi connectivity index (χ4n) is 1.89. The van der Waals surface area contributed by atoms with Gasteiger partial charge in [0.15, 0.2) is 5.65 Å². The van der Waals surface area contributed by atoms with Crippen LogP contribution in [0.2, 0.25) is 0 Å². The SMILES string of the molecule is CCCn1c(CCCO)nc2cccnc21. The van der Waals surface area contributed by atoms with Crippen LogP contribution in [0.1, 0.15) is 25.6 Å². The van der Waals surface area contributed by atoms with Gasteiger partial charge in [-0.1, -0.05) is 6.92 Å². The first-order valence-electron chi connectivity index (χ1n) is 5.77. The Morgan fingerprint density at radius 3 is 3.06 bits per heavy atom. The second-order valence-corrected chi connectivity index (χ2v) is 3.85. The zero-order valence-corrected chi connectivity index (χ0v) is 9.56. The molecular weight excluding hydrogens is 202 g/mol. The van der Waals surface area contributed by atoms with Crippen LogP contribution in [-0.4, -0.2) is 26.2 Å². The molecule has 0 aromatic carbocycles. The first-order chi connectivity index (χ1) is 7.86. The van der Waals surface area contributed by atoms with Gasteiger partial charge in [0.2, 0.25) is 0 Å². The summed E-state index contributed by atoms with van der Waals surface area (Å²) in [6.07, 6.45) is 4.43. The number of aromatic nitrogens is 3. The molecule has 0 fully saturated rings. The van der Waals surface area contributed by atoms with Crippen molar-refractivity contribution in [1.82, 2.24) is 14.5 Å². The number of aliphatic hydroxyl groups is 1. The first-order valence-corrected chi connectivity index (χ1v) is 5.77. The lowest BCUT2D eigenvalue weighted by Gasteiger charge is -2.05. The van der Waals surface area contributed by atoms with E-state index in [1.807, 2.05) is 12.1 Å². The molecule has 0 amide bonds. The average molecular weight is 219 g/mol. The largest absolute Gasteiger partial charge is 0.396 e. The molecule has 1 N–H and O–H groups in total. The maximum absolute atomic E-state index is 8.87. The lowest BCUT2D eigenvalue weighted by molar-refractivity contribution is 0.287. The van der Waals surface area contributed by atoms with Crippen molar-refractivity contribution < 1.29 is 5.11 Å². The zero-order chi connectivity index (χ0) is 11.4. The van der Waals surface area contributed by atoms with E-state index >= 15 is 0 Å². The van der Waals surface area contributed by atoms with Crippen molar-refractivity contribution in [3.63, 3.8) is 0 Å². The van der Waals surface area contributed by atoms with Gasteiger partial charge < -0.3 is 9.67 Å². The summed E-state index contributed by atoms with van der Waals surface area (Å²) in [7, 11) is 0. The maximum atomic E-state index is 8.87. The molecule has 16 heavy (non-hydrogen) atoms. The molecule has 2 heterocycles. The van der Waals surface area contributed by atoms with E-state index in [0.29, 0.717) is 0 Å². The van der Waals surface area contributed by atoms with Gasteiger partial charge in [0.1, 0.15) is 11.3 Å². The Hall–Kier alpha value is -1.42. The van der Waals surface area contributed by atoms with E-state index < -0.39 is 0 Å². The molecule has 0 spiro atoms. The van der Waals surface area contributed by atoms with Crippen LogP contribution in [0.4, 0.5) is 0 Å². The molecule has 0 saturated heterocycles. The Balaban J connectivity index is 2.41. The zero-order valence-electron chi connectivity index (χ0n) is 9.56. The molecule has 86 valence electrons. The Morgan fingerprint density at radius 1 is 1.44 bits per heavy atom. The number of nitrogens with zero attached hydrogens (tertiary/aromatic N) is 3. The van der Waals surface area contributed by atoms with Crippen molar-refractivity contribution in [1.29, 1.82) is 0 Å². The molecule has 2 aromatic rings. The van der Waals surface area contributed by atoms with Gasteiger partial charge in [-0.2, -0.15) is 0 Å². The second kappa shape index (κ2) is 5.07. The third-order valence-corrected chi connectivity index (χ3v) is 2.59. The maximum Gasteiger partial charge on any atom is 0.159 e. The topological polar surface area (TPSA) is 50.9 Å². The average Bonchev–Trinajstić information content (AvgIpc) is 2.66. The molecule has 0 atom stereocenters. The van der Waals surface area contributed by atoms with Crippen molar-refractivity contribution >= 4 is 11.2 Å². The summed E-state index contributed by atoms with van der Waals surface area (Å²) in [4.78, 5) is 8.92. The van der Waals surface area contributed by atoms with Gasteiger partial charge in [0, 0.05) is 25.8 Å². The van der Waals surface area contributed by atoms with Crippen LogP contribution >= 0.6 is 0 Å². The minimum Gasteiger partial charge on any atom is -0.396 e. The Kier molecular flexibility index (Phi) is 3.51. The highest BCUT2D eigenvalue weighted by atomic mass is 16.2. The minimum absolute atomic E-state index is 0.211. The molecule has 0 saturated carbocycles. The van der Waals surface area contributed by atoms with Gasteiger partial charge in [0.05, 0.1) is 0 Å². The van der Waals surface area contributed by atoms with Crippen molar-refractivity contribution in [2.75, 3.05) is 6.61 Å². The monoisotopic (exact) mass is 219 g/mol. The smallest absolute Gasteiger partial charge is 0.159 e. The summed E-state index contributed by atoms with van der Waals surface area (Å²) < 4.78 is 2.16. The van der Waals surface area contributed by atoms with E-state index in [-0.39, 0.29) is 6.61 Å². The number of pyridine rings is 1. The number of hydrogen-bond donors (Lipinski definition) is 1. The van der Waals surface area contributed by atoms with Gasteiger partial charge >= 0.3 is 0 Å². The third-order valence-electron chi connectivity index (χ3n) is 2.59. The number of hydrogen-bond acceptors (Lipinski definition) is 3. The van der Waals surface area contributed by atoms with Crippen LogP contribution in [0.25, 0.3) is 11.2 Å². The van der Waals surface area contributed by atoms with E-state index in [1.54, 1.807) is 6.20 Å². The number of aryl methyl sites for hydroxylation is 2. The first kappa shape index (κ1) is 11.1. The summed E-state index contributed by atoms with van der Waals surface area (Å²) in [5, 5.41) is 8.87. The molecule has 0 aliphatic rings. The van der Waals surface area contributed by atoms with Crippen molar-refractivity contribution in [3.8, 4) is 0 Å². The summed E-state index contributed by atoms with van der Waals surface area (Å²) in [5.41, 5.74) is 1.90. The van der Waals surface area contributed by atoms with Crippen LogP contribution < -0.4 is 0 Å². The molecular formula is C12H17N3O. The van der Waals surface area contributed by atoms with Crippen LogP contribution in [0, 0.1) is 0 Å². The molecule has 0 unspecified atom stereocenters. The highest BCUT2D eigenvalue weighted by Crippen LogP contribution is 2.15. The second-order valence-electron chi connectivity index (χ2n) is 3.85. The predicted molar refractivity (Wildman–Crippen MR) is 63.2 cm³/mol. The standard InChI is InChI=1S/C12H17N3O/c1-2-8-15-11(6-4-9-16)14-10-5-3-7-13-12(10)15/h3,5,7,16H,2,4,6,8-9H2,1H3. The number of rotatable bonds is 5. The van der Waals surface area contributed by atoms with Gasteiger partial charge in [0.25, 0.3) is 0 Å². The lowest BCUT2D eigenvalue weighted by atomic mass is 10.3. The Labute approximate surface area is 95.0 Å². The molecule has 0 aliphatic heterocycles. The van der Waals surface area contributed by atoms with Gasteiger partial charge in [-0.3, -0.25) is 0 Å². The number of aliphatic hydroxyl groups excluding tert-OH is 1. The Bertz CT molecular complexity index is 464. The highest BCUT2D eigenvalue weighted by molar-refractivity contribution is 5.71. The van der Waals surface area contributed by atoms with E-state index in [1.165, 1.54) is 0 Å². The fourth-order valence-corrected chi connectivity index (χ4v) is 1.89. The highest BCUT2D eigenvalue weighted by Gasteiger charge is 2.09. The third kappa shape index (κ3) is 2.07. The molecule has 0 bridgehead atoms. The molecule has 0 radical (unpaired) electrons. The van der Waals surface area contributed by atoms with Gasteiger partial charge in [-0.25, -0.2) is 9.97 Å². The number of imidazole rings is 1. The van der Waals surface area contributed by atoms with E-state index in [0.717, 1.165) is 42.8 Å². The molecule has 2 aromatic heterocycles. The minimum atomic E-state index is 0.211. The van der Waals surface area contributed by atoms with Crippen LogP contribution in [-0.2, 0) is 13.0 Å². The van der Waals surface area contributed by atoms with Crippen molar-refractivity contribution in [3.05, 3.63) is 24.2 Å². The summed E-state index contributed by atoms with van der Waals surface area (Å²) in [5.74, 6) is 1.03. The quantitative estimate of drug-likeness (QED) is 0.833. The predicted octanol–water partition coefficient (Wildman–Crippen LogP) is 1.77. The van der Waals surface area contributed by atoms with Crippen LogP contribution in [0.5, 0.6) is 0 Å². The molecule has 4 heteroatoms. The summed E-state index contributed by atoms with van der Waals surface area (Å²) in [6, 6.07) is 3.89. The molecule has 4 nitrogen and oxygen atoms in total. The number of fused-ring (bicyclic) bond motifs is 1. The normalized spacial score (nSPS) is 11.1. The van der Waals surface area contributed by atoms with E-state index in [4.69, 9.17) is 5.11 Å².